The number of nitrogens with zero attached hydrogens (tertiary/aromatic N) is 3. The van der Waals surface area contributed by atoms with E-state index in [-0.39, 0.29) is 0 Å². The Bertz CT molecular complexity index is 823. The summed E-state index contributed by atoms with van der Waals surface area (Å²) >= 11 is 1.69. The number of hydrogen-bond donors (Lipinski definition) is 1. The maximum atomic E-state index is 11.2. The summed E-state index contributed by atoms with van der Waals surface area (Å²) in [6.45, 7) is 0. The molecular weight excluding hydrogens is 336 g/mol. The predicted octanol–water partition coefficient (Wildman–Crippen LogP) is 4.67. The summed E-state index contributed by atoms with van der Waals surface area (Å²) in [4.78, 5) is 9.51. The first kappa shape index (κ1) is 17.1. The Morgan fingerprint density at radius 3 is 2.40 bits per heavy atom. The minimum Gasteiger partial charge on any atom is -0.758 e. The fourth-order valence-corrected chi connectivity index (χ4v) is 2.54. The van der Waals surface area contributed by atoms with Crippen LogP contribution in [0.5, 0.6) is 11.6 Å². The summed E-state index contributed by atoms with van der Waals surface area (Å²) in [5.41, 5.74) is 1.50. The summed E-state index contributed by atoms with van der Waals surface area (Å²) in [6.07, 6.45) is 3.48. The van der Waals surface area contributed by atoms with Crippen LogP contribution in [0.2, 0.25) is 0 Å². The van der Waals surface area contributed by atoms with Crippen LogP contribution in [-0.4, -0.2) is 23.3 Å². The van der Waals surface area contributed by atoms with Crippen molar-refractivity contribution in [1.29, 1.82) is 0 Å². The molecule has 25 heavy (non-hydrogen) atoms. The lowest BCUT2D eigenvalue weighted by Gasteiger charge is -2.24. The lowest BCUT2D eigenvalue weighted by molar-refractivity contribution is 0.462. The molecule has 0 spiro atoms. The van der Waals surface area contributed by atoms with Gasteiger partial charge in [0.15, 0.2) is 0 Å². The molecule has 0 bridgehead atoms. The molecule has 0 unspecified atom stereocenters. The molecule has 3 rings (SSSR count). The van der Waals surface area contributed by atoms with E-state index in [4.69, 9.17) is 4.74 Å². The molecule has 0 aliphatic rings. The maximum absolute atomic E-state index is 11.2. The maximum Gasteiger partial charge on any atom is 0.224 e. The Morgan fingerprint density at radius 1 is 1.04 bits per heavy atom. The van der Waals surface area contributed by atoms with E-state index in [9.17, 15) is 5.21 Å². The second kappa shape index (κ2) is 7.87. The van der Waals surface area contributed by atoms with Gasteiger partial charge in [-0.25, -0.2) is 9.97 Å². The van der Waals surface area contributed by atoms with Crippen molar-refractivity contribution in [3.05, 3.63) is 66.1 Å². The third-order valence-electron chi connectivity index (χ3n) is 3.43. The van der Waals surface area contributed by atoms with Gasteiger partial charge in [-0.2, -0.15) is 0 Å². The highest BCUT2D eigenvalue weighted by molar-refractivity contribution is 7.98. The van der Waals surface area contributed by atoms with Crippen molar-refractivity contribution in [2.24, 2.45) is 0 Å². The summed E-state index contributed by atoms with van der Waals surface area (Å²) < 4.78 is 5.71. The van der Waals surface area contributed by atoms with Crippen molar-refractivity contribution >= 4 is 29.0 Å². The molecule has 2 aromatic carbocycles. The molecule has 6 nitrogen and oxygen atoms in total. The number of ether oxygens (including phenoxy) is 1. The monoisotopic (exact) mass is 353 g/mol. The van der Waals surface area contributed by atoms with E-state index in [1.54, 1.807) is 42.1 Å². The molecule has 0 atom stereocenters. The van der Waals surface area contributed by atoms with Crippen molar-refractivity contribution in [3.8, 4) is 11.6 Å². The number of hydroxylamine groups is 1. The molecule has 128 valence electrons. The minimum absolute atomic E-state index is 0.418. The molecule has 0 radical (unpaired) electrons. The smallest absolute Gasteiger partial charge is 0.224 e. The van der Waals surface area contributed by atoms with Gasteiger partial charge in [0.25, 0.3) is 0 Å². The Labute approximate surface area is 150 Å². The number of nitrogens with one attached hydrogen (secondary N) is 1. The van der Waals surface area contributed by atoms with Gasteiger partial charge in [0.05, 0.1) is 0 Å². The van der Waals surface area contributed by atoms with Crippen molar-refractivity contribution in [1.82, 2.24) is 9.97 Å². The van der Waals surface area contributed by atoms with E-state index < -0.39 is 0 Å². The van der Waals surface area contributed by atoms with Gasteiger partial charge in [0, 0.05) is 22.3 Å². The highest BCUT2D eigenvalue weighted by Gasteiger charge is 2.03. The molecule has 0 saturated heterocycles. The van der Waals surface area contributed by atoms with E-state index in [1.165, 1.54) is 18.3 Å². The molecule has 3 aromatic rings. The Morgan fingerprint density at radius 2 is 1.76 bits per heavy atom. The van der Waals surface area contributed by atoms with E-state index in [0.29, 0.717) is 23.1 Å². The van der Waals surface area contributed by atoms with Gasteiger partial charge in [-0.05, 0) is 61.8 Å². The molecule has 0 saturated carbocycles. The van der Waals surface area contributed by atoms with Crippen LogP contribution in [0.25, 0.3) is 0 Å². The number of thioether (sulfide) groups is 1. The van der Waals surface area contributed by atoms with E-state index in [2.05, 4.69) is 15.3 Å². The van der Waals surface area contributed by atoms with Crippen LogP contribution in [0.3, 0.4) is 0 Å². The van der Waals surface area contributed by atoms with Crippen LogP contribution >= 0.6 is 11.8 Å². The Balaban J connectivity index is 1.70. The Kier molecular flexibility index (Phi) is 5.37. The van der Waals surface area contributed by atoms with Gasteiger partial charge in [0.1, 0.15) is 17.9 Å². The van der Waals surface area contributed by atoms with Crippen molar-refractivity contribution in [3.63, 3.8) is 0 Å². The highest BCUT2D eigenvalue weighted by atomic mass is 32.2. The van der Waals surface area contributed by atoms with Gasteiger partial charge in [0.2, 0.25) is 5.88 Å². The second-order valence-corrected chi connectivity index (χ2v) is 6.07. The van der Waals surface area contributed by atoms with Crippen LogP contribution in [0.1, 0.15) is 0 Å². The van der Waals surface area contributed by atoms with Crippen LogP contribution in [-0.2, 0) is 0 Å². The average molecular weight is 353 g/mol. The largest absolute Gasteiger partial charge is 0.758 e. The Hall–Kier alpha value is -2.77. The summed E-state index contributed by atoms with van der Waals surface area (Å²) in [5.74, 6) is 1.65. The van der Waals surface area contributed by atoms with Gasteiger partial charge >= 0.3 is 0 Å². The SMILES string of the molecule is CSc1ccc(Nc2cc(Oc3ccc(N(C)[O-])cc3)ncn2)cc1. The van der Waals surface area contributed by atoms with E-state index in [1.807, 2.05) is 30.5 Å². The van der Waals surface area contributed by atoms with E-state index in [0.717, 1.165) is 10.8 Å². The third kappa shape index (κ3) is 4.62. The van der Waals surface area contributed by atoms with Gasteiger partial charge in [-0.15, -0.1) is 11.8 Å². The molecule has 1 aromatic heterocycles. The summed E-state index contributed by atoms with van der Waals surface area (Å²) in [7, 11) is 1.45. The van der Waals surface area contributed by atoms with E-state index >= 15 is 0 Å². The normalized spacial score (nSPS) is 10.4. The number of anilines is 3. The van der Waals surface area contributed by atoms with Crippen molar-refractivity contribution in [2.75, 3.05) is 23.7 Å². The molecule has 1 heterocycles. The second-order valence-electron chi connectivity index (χ2n) is 5.19. The number of benzene rings is 2. The van der Waals surface area contributed by atoms with Crippen molar-refractivity contribution in [2.45, 2.75) is 4.90 Å². The molecule has 0 fully saturated rings. The van der Waals surface area contributed by atoms with Gasteiger partial charge in [-0.1, -0.05) is 0 Å². The molecule has 0 aliphatic heterocycles. The molecule has 0 amide bonds. The standard InChI is InChI=1S/C18H17N4O2S/c1-22(23)14-5-7-15(8-6-14)24-18-11-17(19-12-20-18)21-13-3-9-16(25-2)10-4-13/h3-12H,1-2H3,(H,19,20,21)/q-1. The number of hydrogen-bond acceptors (Lipinski definition) is 7. The first-order valence-electron chi connectivity index (χ1n) is 7.56. The topological polar surface area (TPSA) is 73.3 Å². The molecule has 1 N–H and O–H groups in total. The summed E-state index contributed by atoms with van der Waals surface area (Å²) in [6, 6.07) is 16.6. The van der Waals surface area contributed by atoms with Crippen LogP contribution in [0.4, 0.5) is 17.2 Å². The van der Waals surface area contributed by atoms with Crippen molar-refractivity contribution < 1.29 is 4.74 Å². The number of rotatable bonds is 6. The zero-order valence-corrected chi connectivity index (χ0v) is 14.7. The predicted molar refractivity (Wildman–Crippen MR) is 102 cm³/mol. The fourth-order valence-electron chi connectivity index (χ4n) is 2.13. The van der Waals surface area contributed by atoms with Crippen LogP contribution < -0.4 is 15.1 Å². The molecule has 0 aliphatic carbocycles. The minimum atomic E-state index is 0.418. The molecular formula is C18H17N4O2S-. The highest BCUT2D eigenvalue weighted by Crippen LogP contribution is 2.25. The lowest BCUT2D eigenvalue weighted by atomic mass is 10.3. The average Bonchev–Trinajstić information content (AvgIpc) is 2.63. The van der Waals surface area contributed by atoms with Gasteiger partial charge in [-0.3, -0.25) is 0 Å². The first-order valence-corrected chi connectivity index (χ1v) is 8.78. The zero-order chi connectivity index (χ0) is 17.6. The fraction of sp³-hybridized carbons (Fsp3) is 0.111. The number of aromatic nitrogens is 2. The van der Waals surface area contributed by atoms with Gasteiger partial charge < -0.3 is 20.3 Å². The lowest BCUT2D eigenvalue weighted by Crippen LogP contribution is -2.05. The van der Waals surface area contributed by atoms with Crippen LogP contribution in [0.15, 0.2) is 65.8 Å². The summed E-state index contributed by atoms with van der Waals surface area (Å²) in [5, 5.41) is 15.2. The quantitative estimate of drug-likeness (QED) is 0.510. The zero-order valence-electron chi connectivity index (χ0n) is 13.8. The first-order chi connectivity index (χ1) is 12.1. The van der Waals surface area contributed by atoms with Crippen LogP contribution in [0, 0.1) is 5.21 Å². The third-order valence-corrected chi connectivity index (χ3v) is 4.17. The molecule has 7 heteroatoms.